The van der Waals surface area contributed by atoms with E-state index in [1.54, 1.807) is 11.3 Å². The number of carboxylic acid groups (broad SMARTS) is 1. The molecule has 1 aromatic heterocycles. The lowest BCUT2D eigenvalue weighted by Crippen LogP contribution is -2.22. The number of aromatic carboxylic acids is 1. The molecule has 1 N–H and O–H groups in total. The molecule has 0 spiro atoms. The summed E-state index contributed by atoms with van der Waals surface area (Å²) in [6, 6.07) is 6.26. The number of benzene rings is 1. The van der Waals surface area contributed by atoms with E-state index in [0.717, 1.165) is 41.8 Å². The molecule has 2 aromatic rings. The van der Waals surface area contributed by atoms with E-state index >= 15 is 0 Å². The van der Waals surface area contributed by atoms with Crippen molar-refractivity contribution in [2.45, 2.75) is 46.6 Å². The molecule has 0 saturated carbocycles. The molecule has 25 heavy (non-hydrogen) atoms. The van der Waals surface area contributed by atoms with Crippen LogP contribution >= 0.6 is 11.3 Å². The Hall–Kier alpha value is -1.65. The van der Waals surface area contributed by atoms with Gasteiger partial charge in [-0.2, -0.15) is 0 Å². The summed E-state index contributed by atoms with van der Waals surface area (Å²) in [5, 5.41) is 9.95. The summed E-state index contributed by atoms with van der Waals surface area (Å²) in [6.07, 6.45) is 2.97. The number of rotatable bonds is 4. The fraction of sp³-hybridized carbons (Fsp3) is 0.476. The van der Waals surface area contributed by atoms with Crippen LogP contribution in [0.4, 0.5) is 0 Å². The SMILES string of the molecule is Cc1c(CN(C)C)cccc1-c1sc2c(c1C(=O)O)CC(C)(C)CC2. The quantitative estimate of drug-likeness (QED) is 0.837. The summed E-state index contributed by atoms with van der Waals surface area (Å²) in [6.45, 7) is 7.45. The molecule has 0 radical (unpaired) electrons. The molecule has 0 amide bonds. The van der Waals surface area contributed by atoms with Gasteiger partial charge in [0.2, 0.25) is 0 Å². The molecular weight excluding hydrogens is 330 g/mol. The van der Waals surface area contributed by atoms with Gasteiger partial charge in [-0.3, -0.25) is 0 Å². The zero-order valence-electron chi connectivity index (χ0n) is 15.8. The number of aryl methyl sites for hydroxylation is 1. The molecule has 1 heterocycles. The highest BCUT2D eigenvalue weighted by molar-refractivity contribution is 7.16. The Labute approximate surface area is 154 Å². The van der Waals surface area contributed by atoms with E-state index in [9.17, 15) is 9.90 Å². The lowest BCUT2D eigenvalue weighted by atomic mass is 9.76. The molecule has 0 saturated heterocycles. The first-order chi connectivity index (χ1) is 11.7. The topological polar surface area (TPSA) is 40.5 Å². The minimum Gasteiger partial charge on any atom is -0.478 e. The number of hydrogen-bond acceptors (Lipinski definition) is 3. The first-order valence-electron chi connectivity index (χ1n) is 8.81. The molecule has 0 atom stereocenters. The molecule has 3 nitrogen and oxygen atoms in total. The number of hydrogen-bond donors (Lipinski definition) is 1. The zero-order chi connectivity index (χ0) is 18.4. The van der Waals surface area contributed by atoms with Crippen LogP contribution < -0.4 is 0 Å². The van der Waals surface area contributed by atoms with Crippen molar-refractivity contribution in [3.05, 3.63) is 45.3 Å². The second-order valence-electron chi connectivity index (χ2n) is 8.18. The van der Waals surface area contributed by atoms with Crippen LogP contribution in [0.5, 0.6) is 0 Å². The van der Waals surface area contributed by atoms with Crippen molar-refractivity contribution in [1.82, 2.24) is 4.90 Å². The minimum atomic E-state index is -0.789. The molecule has 4 heteroatoms. The van der Waals surface area contributed by atoms with Gasteiger partial charge in [-0.25, -0.2) is 4.79 Å². The number of fused-ring (bicyclic) bond motifs is 1. The maximum Gasteiger partial charge on any atom is 0.337 e. The highest BCUT2D eigenvalue weighted by Gasteiger charge is 2.33. The van der Waals surface area contributed by atoms with Crippen LogP contribution in [-0.4, -0.2) is 30.1 Å². The van der Waals surface area contributed by atoms with Gasteiger partial charge in [0.05, 0.1) is 5.56 Å². The van der Waals surface area contributed by atoms with Crippen LogP contribution in [0.15, 0.2) is 18.2 Å². The molecule has 1 aromatic carbocycles. The van der Waals surface area contributed by atoms with Crippen LogP contribution in [0.25, 0.3) is 10.4 Å². The van der Waals surface area contributed by atoms with Gasteiger partial charge in [0.25, 0.3) is 0 Å². The number of carbonyl (C=O) groups is 1. The summed E-state index contributed by atoms with van der Waals surface area (Å²) in [5.74, 6) is -0.789. The average molecular weight is 358 g/mol. The van der Waals surface area contributed by atoms with Crippen molar-refractivity contribution >= 4 is 17.3 Å². The molecule has 1 aliphatic rings. The molecule has 1 aliphatic carbocycles. The fourth-order valence-electron chi connectivity index (χ4n) is 3.78. The molecule has 0 unspecified atom stereocenters. The molecule has 0 fully saturated rings. The van der Waals surface area contributed by atoms with E-state index in [1.807, 2.05) is 0 Å². The van der Waals surface area contributed by atoms with Crippen molar-refractivity contribution in [2.24, 2.45) is 5.41 Å². The van der Waals surface area contributed by atoms with Gasteiger partial charge in [0, 0.05) is 16.3 Å². The van der Waals surface area contributed by atoms with Crippen molar-refractivity contribution in [1.29, 1.82) is 0 Å². The minimum absolute atomic E-state index is 0.178. The Bertz CT molecular complexity index is 818. The highest BCUT2D eigenvalue weighted by atomic mass is 32.1. The second-order valence-corrected chi connectivity index (χ2v) is 9.29. The smallest absolute Gasteiger partial charge is 0.337 e. The maximum atomic E-state index is 12.1. The second kappa shape index (κ2) is 6.58. The zero-order valence-corrected chi connectivity index (χ0v) is 16.6. The Balaban J connectivity index is 2.16. The average Bonchev–Trinajstić information content (AvgIpc) is 2.86. The van der Waals surface area contributed by atoms with Crippen molar-refractivity contribution in [3.63, 3.8) is 0 Å². The van der Waals surface area contributed by atoms with Crippen molar-refractivity contribution < 1.29 is 9.90 Å². The molecule has 0 aliphatic heterocycles. The van der Waals surface area contributed by atoms with Crippen LogP contribution in [0.3, 0.4) is 0 Å². The van der Waals surface area contributed by atoms with Crippen molar-refractivity contribution in [3.8, 4) is 10.4 Å². The Morgan fingerprint density at radius 2 is 2.04 bits per heavy atom. The van der Waals surface area contributed by atoms with E-state index in [-0.39, 0.29) is 5.41 Å². The molecular formula is C21H27NO2S. The maximum absolute atomic E-state index is 12.1. The fourth-order valence-corrected chi connectivity index (χ4v) is 5.17. The number of thiophene rings is 1. The normalized spacial score (nSPS) is 16.1. The predicted octanol–water partition coefficient (Wildman–Crippen LogP) is 5.00. The van der Waals surface area contributed by atoms with Gasteiger partial charge in [-0.1, -0.05) is 32.0 Å². The van der Waals surface area contributed by atoms with Gasteiger partial charge in [-0.15, -0.1) is 11.3 Å². The van der Waals surface area contributed by atoms with Gasteiger partial charge in [-0.05, 0) is 68.0 Å². The summed E-state index contributed by atoms with van der Waals surface area (Å²) in [7, 11) is 4.11. The van der Waals surface area contributed by atoms with E-state index in [0.29, 0.717) is 5.56 Å². The van der Waals surface area contributed by atoms with Crippen LogP contribution in [0, 0.1) is 12.3 Å². The van der Waals surface area contributed by atoms with Gasteiger partial charge >= 0.3 is 5.97 Å². The third-order valence-electron chi connectivity index (χ3n) is 5.17. The Kier molecular flexibility index (Phi) is 4.78. The molecule has 134 valence electrons. The monoisotopic (exact) mass is 357 g/mol. The van der Waals surface area contributed by atoms with E-state index in [4.69, 9.17) is 0 Å². The number of carboxylic acids is 1. The summed E-state index contributed by atoms with van der Waals surface area (Å²) in [5.41, 5.74) is 5.31. The molecule has 3 rings (SSSR count). The number of nitrogens with zero attached hydrogens (tertiary/aromatic N) is 1. The predicted molar refractivity (Wildman–Crippen MR) is 105 cm³/mol. The standard InChI is InChI=1S/C21H27NO2S/c1-13-14(12-22(4)5)7-6-8-15(13)19-18(20(23)24)16-11-21(2,3)10-9-17(16)25-19/h6-8H,9-12H2,1-5H3,(H,23,24). The largest absolute Gasteiger partial charge is 0.478 e. The van der Waals surface area contributed by atoms with Gasteiger partial charge in [0.15, 0.2) is 0 Å². The first-order valence-corrected chi connectivity index (χ1v) is 9.62. The van der Waals surface area contributed by atoms with Crippen molar-refractivity contribution in [2.75, 3.05) is 14.1 Å². The Morgan fingerprint density at radius 1 is 1.32 bits per heavy atom. The summed E-state index contributed by atoms with van der Waals surface area (Å²) >= 11 is 1.69. The van der Waals surface area contributed by atoms with Crippen LogP contribution in [0.1, 0.15) is 52.2 Å². The van der Waals surface area contributed by atoms with Crippen LogP contribution in [0.2, 0.25) is 0 Å². The molecule has 0 bridgehead atoms. The van der Waals surface area contributed by atoms with E-state index in [2.05, 4.69) is 58.0 Å². The van der Waals surface area contributed by atoms with Gasteiger partial charge in [0.1, 0.15) is 0 Å². The summed E-state index contributed by atoms with van der Waals surface area (Å²) < 4.78 is 0. The van der Waals surface area contributed by atoms with E-state index < -0.39 is 5.97 Å². The van der Waals surface area contributed by atoms with Crippen LogP contribution in [-0.2, 0) is 19.4 Å². The lowest BCUT2D eigenvalue weighted by Gasteiger charge is -2.29. The van der Waals surface area contributed by atoms with E-state index in [1.165, 1.54) is 16.0 Å². The third kappa shape index (κ3) is 3.51. The first kappa shape index (κ1) is 18.2. The lowest BCUT2D eigenvalue weighted by molar-refractivity contribution is 0.0696. The Morgan fingerprint density at radius 3 is 2.68 bits per heavy atom. The third-order valence-corrected chi connectivity index (χ3v) is 6.49. The van der Waals surface area contributed by atoms with Gasteiger partial charge < -0.3 is 10.0 Å². The summed E-state index contributed by atoms with van der Waals surface area (Å²) in [4.78, 5) is 16.5. The highest BCUT2D eigenvalue weighted by Crippen LogP contribution is 2.45.